The average molecular weight is 466 g/mol. The summed E-state index contributed by atoms with van der Waals surface area (Å²) in [5.74, 6) is -0.463. The molecule has 1 aromatic heterocycles. The number of ether oxygens (including phenoxy) is 1. The fourth-order valence-corrected chi connectivity index (χ4v) is 4.66. The summed E-state index contributed by atoms with van der Waals surface area (Å²) >= 11 is 1.15. The zero-order chi connectivity index (χ0) is 23.4. The summed E-state index contributed by atoms with van der Waals surface area (Å²) in [7, 11) is 1.29. The highest BCUT2D eigenvalue weighted by atomic mass is 32.2. The number of Topliss-reactive ketones (excluding diaryl/α,β-unsaturated/α-hetero) is 1. The van der Waals surface area contributed by atoms with Crippen LogP contribution in [0.15, 0.2) is 58.5 Å². The predicted octanol–water partition coefficient (Wildman–Crippen LogP) is 3.06. The van der Waals surface area contributed by atoms with Gasteiger partial charge < -0.3 is 9.64 Å². The molecule has 1 aliphatic heterocycles. The van der Waals surface area contributed by atoms with Crippen molar-refractivity contribution in [1.29, 1.82) is 0 Å². The van der Waals surface area contributed by atoms with Crippen molar-refractivity contribution in [2.24, 2.45) is 0 Å². The highest BCUT2D eigenvalue weighted by molar-refractivity contribution is 7.99. The molecule has 0 N–H and O–H groups in total. The number of carbonyl (C=O) groups is 3. The van der Waals surface area contributed by atoms with Gasteiger partial charge in [-0.25, -0.2) is 4.98 Å². The van der Waals surface area contributed by atoms with Crippen LogP contribution in [0.3, 0.4) is 0 Å². The van der Waals surface area contributed by atoms with Crippen LogP contribution in [0.4, 0.5) is 5.69 Å². The molecule has 1 amide bonds. The highest BCUT2D eigenvalue weighted by Gasteiger charge is 2.22. The molecule has 9 heteroatoms. The molecule has 0 saturated carbocycles. The van der Waals surface area contributed by atoms with Gasteiger partial charge in [-0.2, -0.15) is 0 Å². The minimum Gasteiger partial charge on any atom is -0.469 e. The van der Waals surface area contributed by atoms with Crippen LogP contribution >= 0.6 is 11.8 Å². The Hall–Kier alpha value is -3.46. The van der Waals surface area contributed by atoms with Gasteiger partial charge in [-0.3, -0.25) is 23.7 Å². The first-order valence-electron chi connectivity index (χ1n) is 10.6. The Morgan fingerprint density at radius 2 is 1.94 bits per heavy atom. The summed E-state index contributed by atoms with van der Waals surface area (Å²) in [6.07, 6.45) is 1.35. The van der Waals surface area contributed by atoms with E-state index >= 15 is 0 Å². The Morgan fingerprint density at radius 3 is 2.70 bits per heavy atom. The number of amides is 1. The third-order valence-corrected chi connectivity index (χ3v) is 6.46. The number of nitrogens with zero attached hydrogens (tertiary/aromatic N) is 3. The lowest BCUT2D eigenvalue weighted by atomic mass is 10.1. The van der Waals surface area contributed by atoms with Crippen LogP contribution in [-0.4, -0.2) is 46.6 Å². The lowest BCUT2D eigenvalue weighted by Crippen LogP contribution is -2.25. The number of thioether (sulfide) groups is 1. The Bertz CT molecular complexity index is 1290. The van der Waals surface area contributed by atoms with E-state index < -0.39 is 5.97 Å². The van der Waals surface area contributed by atoms with E-state index in [9.17, 15) is 19.2 Å². The molecule has 0 unspecified atom stereocenters. The molecule has 1 aliphatic rings. The second-order valence-electron chi connectivity index (χ2n) is 7.61. The lowest BCUT2D eigenvalue weighted by Gasteiger charge is -2.16. The van der Waals surface area contributed by atoms with E-state index in [0.717, 1.165) is 18.2 Å². The van der Waals surface area contributed by atoms with Gasteiger partial charge in [0.25, 0.3) is 5.56 Å². The van der Waals surface area contributed by atoms with E-state index in [1.165, 1.54) is 11.7 Å². The first-order chi connectivity index (χ1) is 16.0. The second-order valence-corrected chi connectivity index (χ2v) is 8.55. The Kier molecular flexibility index (Phi) is 6.88. The maximum absolute atomic E-state index is 13.0. The number of rotatable bonds is 8. The first-order valence-corrected chi connectivity index (χ1v) is 11.6. The van der Waals surface area contributed by atoms with Gasteiger partial charge in [0.1, 0.15) is 0 Å². The first kappa shape index (κ1) is 22.7. The lowest BCUT2D eigenvalue weighted by molar-refractivity contribution is -0.140. The van der Waals surface area contributed by atoms with Gasteiger partial charge in [0.15, 0.2) is 10.9 Å². The molecule has 0 aliphatic carbocycles. The molecule has 1 fully saturated rings. The number of anilines is 1. The number of esters is 1. The van der Waals surface area contributed by atoms with Crippen molar-refractivity contribution in [2.75, 3.05) is 24.3 Å². The maximum Gasteiger partial charge on any atom is 0.307 e. The Labute approximate surface area is 194 Å². The molecule has 4 rings (SSSR count). The quantitative estimate of drug-likeness (QED) is 0.218. The van der Waals surface area contributed by atoms with Crippen LogP contribution in [0.1, 0.15) is 29.6 Å². The number of methoxy groups -OCH3 is 1. The molecule has 0 bridgehead atoms. The number of aromatic nitrogens is 2. The molecule has 33 heavy (non-hydrogen) atoms. The summed E-state index contributed by atoms with van der Waals surface area (Å²) in [6.45, 7) is 0.755. The van der Waals surface area contributed by atoms with E-state index in [2.05, 4.69) is 4.98 Å². The number of ketones is 1. The number of fused-ring (bicyclic) bond motifs is 1. The molecule has 3 aromatic rings. The van der Waals surface area contributed by atoms with Crippen molar-refractivity contribution in [2.45, 2.75) is 31.0 Å². The van der Waals surface area contributed by atoms with Crippen molar-refractivity contribution < 1.29 is 19.1 Å². The van der Waals surface area contributed by atoms with Crippen LogP contribution in [-0.2, 0) is 20.9 Å². The largest absolute Gasteiger partial charge is 0.469 e. The fraction of sp³-hybridized carbons (Fsp3) is 0.292. The fourth-order valence-electron chi connectivity index (χ4n) is 3.74. The molecule has 170 valence electrons. The third-order valence-electron chi connectivity index (χ3n) is 5.48. The van der Waals surface area contributed by atoms with Gasteiger partial charge in [-0.15, -0.1) is 0 Å². The monoisotopic (exact) mass is 465 g/mol. The van der Waals surface area contributed by atoms with Crippen LogP contribution in [0.2, 0.25) is 0 Å². The Morgan fingerprint density at radius 1 is 1.12 bits per heavy atom. The zero-order valence-electron chi connectivity index (χ0n) is 18.2. The molecule has 2 heterocycles. The molecule has 8 nitrogen and oxygen atoms in total. The van der Waals surface area contributed by atoms with Crippen LogP contribution in [0, 0.1) is 0 Å². The molecule has 1 saturated heterocycles. The van der Waals surface area contributed by atoms with E-state index in [1.54, 1.807) is 47.4 Å². The van der Waals surface area contributed by atoms with E-state index in [1.807, 2.05) is 6.07 Å². The smallest absolute Gasteiger partial charge is 0.307 e. The molecular formula is C24H23N3O5S. The molecular weight excluding hydrogens is 442 g/mol. The van der Waals surface area contributed by atoms with Crippen molar-refractivity contribution in [1.82, 2.24) is 9.55 Å². The van der Waals surface area contributed by atoms with Crippen LogP contribution < -0.4 is 10.5 Å². The number of hydrogen-bond donors (Lipinski definition) is 0. The number of benzene rings is 2. The average Bonchev–Trinajstić information content (AvgIpc) is 3.27. The van der Waals surface area contributed by atoms with Crippen molar-refractivity contribution >= 4 is 46.0 Å². The van der Waals surface area contributed by atoms with Gasteiger partial charge in [0.05, 0.1) is 30.2 Å². The highest BCUT2D eigenvalue weighted by Crippen LogP contribution is 2.24. The van der Waals surface area contributed by atoms with E-state index in [4.69, 9.17) is 4.74 Å². The standard InChI is InChI=1S/C24H23N3O5S/c1-32-22(30)11-13-27-23(31)18-8-2-3-9-19(18)25-24(27)33-15-20(28)16-6-4-7-17(14-16)26-12-5-10-21(26)29/h2-4,6-9,14H,5,10-13,15H2,1H3. The summed E-state index contributed by atoms with van der Waals surface area (Å²) in [5, 5.41) is 0.808. The van der Waals surface area contributed by atoms with E-state index in [0.29, 0.717) is 40.3 Å². The second kappa shape index (κ2) is 9.99. The van der Waals surface area contributed by atoms with E-state index in [-0.39, 0.29) is 36.0 Å². The van der Waals surface area contributed by atoms with Crippen LogP contribution in [0.25, 0.3) is 10.9 Å². The summed E-state index contributed by atoms with van der Waals surface area (Å²) in [6, 6.07) is 14.0. The normalized spacial score (nSPS) is 13.5. The minimum atomic E-state index is -0.435. The van der Waals surface area contributed by atoms with Gasteiger partial charge in [0.2, 0.25) is 5.91 Å². The predicted molar refractivity (Wildman–Crippen MR) is 126 cm³/mol. The number of carbonyl (C=O) groups excluding carboxylic acids is 3. The third kappa shape index (κ3) is 4.98. The topological polar surface area (TPSA) is 98.6 Å². The van der Waals surface area contributed by atoms with Crippen LogP contribution in [0.5, 0.6) is 0 Å². The minimum absolute atomic E-state index is 0.0177. The van der Waals surface area contributed by atoms with Crippen molar-refractivity contribution in [3.05, 3.63) is 64.4 Å². The van der Waals surface area contributed by atoms with Gasteiger partial charge in [0, 0.05) is 30.8 Å². The molecule has 2 aromatic carbocycles. The zero-order valence-corrected chi connectivity index (χ0v) is 19.0. The SMILES string of the molecule is COC(=O)CCn1c(SCC(=O)c2cccc(N3CCCC3=O)c2)nc2ccccc2c1=O. The number of hydrogen-bond acceptors (Lipinski definition) is 7. The number of para-hydroxylation sites is 1. The van der Waals surface area contributed by atoms with Gasteiger partial charge >= 0.3 is 5.97 Å². The maximum atomic E-state index is 13.0. The summed E-state index contributed by atoms with van der Waals surface area (Å²) in [4.78, 5) is 55.9. The van der Waals surface area contributed by atoms with Crippen molar-refractivity contribution in [3.8, 4) is 0 Å². The molecule has 0 atom stereocenters. The molecule has 0 radical (unpaired) electrons. The molecule has 0 spiro atoms. The van der Waals surface area contributed by atoms with Gasteiger partial charge in [-0.1, -0.05) is 36.0 Å². The van der Waals surface area contributed by atoms with Crippen molar-refractivity contribution in [3.63, 3.8) is 0 Å². The Balaban J connectivity index is 1.57. The summed E-state index contributed by atoms with van der Waals surface area (Å²) < 4.78 is 6.11. The summed E-state index contributed by atoms with van der Waals surface area (Å²) in [5.41, 5.74) is 1.46. The van der Waals surface area contributed by atoms with Gasteiger partial charge in [-0.05, 0) is 30.7 Å².